The van der Waals surface area contributed by atoms with Crippen molar-refractivity contribution < 1.29 is 13.9 Å². The number of thioether (sulfide) groups is 1. The van der Waals surface area contributed by atoms with Crippen molar-refractivity contribution in [3.05, 3.63) is 58.7 Å². The summed E-state index contributed by atoms with van der Waals surface area (Å²) >= 11 is 3.00. The molecule has 0 radical (unpaired) electrons. The monoisotopic (exact) mass is 495 g/mol. The summed E-state index contributed by atoms with van der Waals surface area (Å²) in [4.78, 5) is 19.4. The van der Waals surface area contributed by atoms with Crippen molar-refractivity contribution in [1.29, 1.82) is 0 Å². The van der Waals surface area contributed by atoms with E-state index in [0.717, 1.165) is 36.6 Å². The Balaban J connectivity index is 1.37. The first-order chi connectivity index (χ1) is 16.6. The van der Waals surface area contributed by atoms with Gasteiger partial charge in [-0.15, -0.1) is 21.5 Å². The lowest BCUT2D eigenvalue weighted by atomic mass is 9.99. The molecule has 4 heterocycles. The van der Waals surface area contributed by atoms with E-state index >= 15 is 0 Å². The molecule has 34 heavy (non-hydrogen) atoms. The van der Waals surface area contributed by atoms with Crippen LogP contribution in [0.3, 0.4) is 0 Å². The number of amides is 1. The van der Waals surface area contributed by atoms with Crippen LogP contribution in [0.1, 0.15) is 35.3 Å². The van der Waals surface area contributed by atoms with Gasteiger partial charge in [0.2, 0.25) is 5.82 Å². The minimum absolute atomic E-state index is 0.0247. The van der Waals surface area contributed by atoms with Crippen LogP contribution in [-0.2, 0) is 5.75 Å². The van der Waals surface area contributed by atoms with E-state index in [1.54, 1.807) is 13.4 Å². The number of methoxy groups -OCH3 is 1. The average Bonchev–Trinajstić information content (AvgIpc) is 3.63. The van der Waals surface area contributed by atoms with Crippen LogP contribution in [0.5, 0.6) is 5.75 Å². The van der Waals surface area contributed by atoms with E-state index in [4.69, 9.17) is 9.15 Å². The molecule has 0 saturated carbocycles. The second-order valence-electron chi connectivity index (χ2n) is 8.18. The Morgan fingerprint density at radius 2 is 2.03 bits per heavy atom. The number of thiazole rings is 1. The Morgan fingerprint density at radius 1 is 1.21 bits per heavy atom. The number of aromatic nitrogens is 4. The van der Waals surface area contributed by atoms with Gasteiger partial charge in [-0.2, -0.15) is 0 Å². The zero-order valence-electron chi connectivity index (χ0n) is 19.0. The van der Waals surface area contributed by atoms with Crippen molar-refractivity contribution in [2.75, 3.05) is 20.2 Å². The summed E-state index contributed by atoms with van der Waals surface area (Å²) in [7, 11) is 1.64. The lowest BCUT2D eigenvalue weighted by Crippen LogP contribution is -2.38. The Bertz CT molecular complexity index is 1260. The number of nitrogens with zero attached hydrogens (tertiary/aromatic N) is 5. The molecule has 8 nitrogen and oxygen atoms in total. The number of furan rings is 1. The summed E-state index contributed by atoms with van der Waals surface area (Å²) in [5, 5.41) is 12.2. The maximum Gasteiger partial charge on any atom is 0.273 e. The van der Waals surface area contributed by atoms with Gasteiger partial charge in [0.15, 0.2) is 10.9 Å². The summed E-state index contributed by atoms with van der Waals surface area (Å²) < 4.78 is 13.1. The highest BCUT2D eigenvalue weighted by atomic mass is 32.2. The summed E-state index contributed by atoms with van der Waals surface area (Å²) in [6, 6.07) is 11.4. The van der Waals surface area contributed by atoms with E-state index in [0.29, 0.717) is 39.9 Å². The van der Waals surface area contributed by atoms with E-state index in [1.807, 2.05) is 51.2 Å². The highest BCUT2D eigenvalue weighted by Gasteiger charge is 2.24. The van der Waals surface area contributed by atoms with Crippen LogP contribution in [0.15, 0.2) is 57.6 Å². The van der Waals surface area contributed by atoms with Crippen molar-refractivity contribution in [3.8, 4) is 23.0 Å². The molecule has 0 N–H and O–H groups in total. The van der Waals surface area contributed by atoms with E-state index in [9.17, 15) is 4.79 Å². The third-order valence-electron chi connectivity index (χ3n) is 5.87. The number of benzene rings is 1. The molecule has 0 aliphatic carbocycles. The number of likely N-dealkylation sites (tertiary alicyclic amines) is 1. The molecule has 1 aliphatic rings. The zero-order valence-corrected chi connectivity index (χ0v) is 20.6. The van der Waals surface area contributed by atoms with Gasteiger partial charge in [0.25, 0.3) is 5.91 Å². The van der Waals surface area contributed by atoms with Crippen LogP contribution in [0.4, 0.5) is 0 Å². The molecule has 0 unspecified atom stereocenters. The molecule has 1 fully saturated rings. The van der Waals surface area contributed by atoms with Crippen LogP contribution in [0.25, 0.3) is 17.3 Å². The van der Waals surface area contributed by atoms with Gasteiger partial charge >= 0.3 is 0 Å². The summed E-state index contributed by atoms with van der Waals surface area (Å²) in [5.41, 5.74) is 1.34. The minimum atomic E-state index is 0.0247. The number of ether oxygens (including phenoxy) is 1. The Hall–Kier alpha value is -3.11. The fourth-order valence-corrected chi connectivity index (χ4v) is 5.67. The van der Waals surface area contributed by atoms with E-state index in [-0.39, 0.29) is 5.91 Å². The molecule has 1 saturated heterocycles. The topological polar surface area (TPSA) is 86.3 Å². The highest BCUT2D eigenvalue weighted by molar-refractivity contribution is 7.98. The maximum atomic E-state index is 12.9. The first kappa shape index (κ1) is 22.7. The zero-order chi connectivity index (χ0) is 23.5. The molecule has 4 aromatic rings. The van der Waals surface area contributed by atoms with Crippen molar-refractivity contribution >= 4 is 29.0 Å². The number of hydrogen-bond donors (Lipinski definition) is 0. The van der Waals surface area contributed by atoms with Crippen LogP contribution in [0, 0.1) is 5.92 Å². The van der Waals surface area contributed by atoms with Crippen LogP contribution >= 0.6 is 23.1 Å². The SMILES string of the molecule is COc1ccccc1-n1c(SCc2nc(C(=O)N3CCC(C)CC3)cs2)nnc1-c1ccco1. The lowest BCUT2D eigenvalue weighted by Gasteiger charge is -2.29. The number of rotatable bonds is 7. The second-order valence-corrected chi connectivity index (χ2v) is 10.1. The quantitative estimate of drug-likeness (QED) is 0.328. The van der Waals surface area contributed by atoms with Gasteiger partial charge in [-0.25, -0.2) is 4.98 Å². The average molecular weight is 496 g/mol. The first-order valence-electron chi connectivity index (χ1n) is 11.1. The number of carbonyl (C=O) groups excluding carboxylic acids is 1. The van der Waals surface area contributed by atoms with Crippen molar-refractivity contribution in [2.45, 2.75) is 30.7 Å². The van der Waals surface area contributed by atoms with E-state index < -0.39 is 0 Å². The molecule has 5 rings (SSSR count). The largest absolute Gasteiger partial charge is 0.495 e. The van der Waals surface area contributed by atoms with Gasteiger partial charge in [0.05, 0.1) is 24.8 Å². The molecule has 1 aliphatic heterocycles. The predicted octanol–water partition coefficient (Wildman–Crippen LogP) is 5.16. The number of piperidine rings is 1. The smallest absolute Gasteiger partial charge is 0.273 e. The fourth-order valence-electron chi connectivity index (χ4n) is 3.94. The molecule has 0 spiro atoms. The van der Waals surface area contributed by atoms with Crippen molar-refractivity contribution in [3.63, 3.8) is 0 Å². The van der Waals surface area contributed by atoms with Gasteiger partial charge in [-0.3, -0.25) is 9.36 Å². The first-order valence-corrected chi connectivity index (χ1v) is 13.0. The Kier molecular flexibility index (Phi) is 6.68. The minimum Gasteiger partial charge on any atom is -0.495 e. The van der Waals surface area contributed by atoms with Crippen molar-refractivity contribution in [1.82, 2.24) is 24.6 Å². The van der Waals surface area contributed by atoms with Crippen LogP contribution in [-0.4, -0.2) is 50.8 Å². The van der Waals surface area contributed by atoms with Crippen LogP contribution in [0.2, 0.25) is 0 Å². The number of carbonyl (C=O) groups is 1. The molecule has 176 valence electrons. The van der Waals surface area contributed by atoms with Crippen LogP contribution < -0.4 is 4.74 Å². The molecule has 0 atom stereocenters. The molecule has 3 aromatic heterocycles. The summed E-state index contributed by atoms with van der Waals surface area (Å²) in [6.07, 6.45) is 3.71. The van der Waals surface area contributed by atoms with Gasteiger partial charge < -0.3 is 14.1 Å². The molecule has 10 heteroatoms. The third-order valence-corrected chi connectivity index (χ3v) is 7.84. The standard InChI is InChI=1S/C24H25N5O3S2/c1-16-9-11-28(12-10-16)23(30)17-14-33-21(25-17)15-34-24-27-26-22(20-8-5-13-32-20)29(24)18-6-3-4-7-19(18)31-2/h3-8,13-14,16H,9-12,15H2,1-2H3. The van der Waals surface area contributed by atoms with E-state index in [2.05, 4.69) is 22.1 Å². The highest BCUT2D eigenvalue weighted by Crippen LogP contribution is 2.34. The molecular weight excluding hydrogens is 470 g/mol. The molecule has 1 aromatic carbocycles. The lowest BCUT2D eigenvalue weighted by molar-refractivity contribution is 0.0692. The number of para-hydroxylation sites is 2. The van der Waals surface area contributed by atoms with Gasteiger partial charge in [-0.1, -0.05) is 30.8 Å². The normalized spacial score (nSPS) is 14.5. The van der Waals surface area contributed by atoms with Gasteiger partial charge in [0.1, 0.15) is 16.5 Å². The number of hydrogen-bond acceptors (Lipinski definition) is 8. The van der Waals surface area contributed by atoms with Crippen molar-refractivity contribution in [2.24, 2.45) is 5.92 Å². The van der Waals surface area contributed by atoms with E-state index in [1.165, 1.54) is 23.1 Å². The molecule has 1 amide bonds. The summed E-state index contributed by atoms with van der Waals surface area (Å²) in [6.45, 7) is 3.85. The predicted molar refractivity (Wildman–Crippen MR) is 132 cm³/mol. The summed E-state index contributed by atoms with van der Waals surface area (Å²) in [5.74, 6) is 3.18. The molecule has 0 bridgehead atoms. The second kappa shape index (κ2) is 10.0. The Morgan fingerprint density at radius 3 is 2.79 bits per heavy atom. The Labute approximate surface area is 206 Å². The maximum absolute atomic E-state index is 12.9. The van der Waals surface area contributed by atoms with Gasteiger partial charge in [0, 0.05) is 18.5 Å². The van der Waals surface area contributed by atoms with Gasteiger partial charge in [-0.05, 0) is 43.0 Å². The molecular formula is C24H25N5O3S2. The third kappa shape index (κ3) is 4.60. The fraction of sp³-hybridized carbons (Fsp3) is 0.333.